The Bertz CT molecular complexity index is 1230. The number of benzene rings is 4. The Kier molecular flexibility index (Phi) is 4.92. The molecule has 0 fully saturated rings. The smallest absolute Gasteiger partial charge is 0.189 e. The molecule has 0 aromatic heterocycles. The first-order chi connectivity index (χ1) is 13.5. The second-order valence-electron chi connectivity index (χ2n) is 6.93. The quantitative estimate of drug-likeness (QED) is 0.432. The van der Waals surface area contributed by atoms with Crippen LogP contribution < -0.4 is 4.74 Å². The van der Waals surface area contributed by atoms with E-state index in [-0.39, 0.29) is 0 Å². The molecule has 4 rings (SSSR count). The first kappa shape index (κ1) is 18.7. The van der Waals surface area contributed by atoms with Crippen molar-refractivity contribution in [1.29, 1.82) is 0 Å². The maximum absolute atomic E-state index is 12.8. The normalized spacial score (nSPS) is 12.4. The molecule has 28 heavy (non-hydrogen) atoms. The van der Waals surface area contributed by atoms with Crippen LogP contribution in [-0.2, 0) is 15.3 Å². The van der Waals surface area contributed by atoms with Crippen molar-refractivity contribution in [3.05, 3.63) is 71.8 Å². The molecule has 0 bridgehead atoms. The molecule has 3 nitrogen and oxygen atoms in total. The summed E-state index contributed by atoms with van der Waals surface area (Å²) in [7, 11) is 3.13. The lowest BCUT2D eigenvalue weighted by Crippen LogP contribution is -2.00. The maximum atomic E-state index is 12.8. The standard InChI is InChI=1S/C24H22O3S/c1-15-5-9-19-17(13-15)7-11-21(26-3)23(19)24-20-10-6-16(2)14-18(20)8-12-22(24)28(25)27-4/h5-14H,1-4H3. The van der Waals surface area contributed by atoms with E-state index < -0.39 is 11.1 Å². The molecule has 0 spiro atoms. The van der Waals surface area contributed by atoms with Crippen LogP contribution in [0.1, 0.15) is 11.1 Å². The number of fused-ring (bicyclic) bond motifs is 2. The van der Waals surface area contributed by atoms with Gasteiger partial charge in [0, 0.05) is 11.1 Å². The number of methoxy groups -OCH3 is 1. The largest absolute Gasteiger partial charge is 0.496 e. The molecule has 0 amide bonds. The first-order valence-corrected chi connectivity index (χ1v) is 10.2. The highest BCUT2D eigenvalue weighted by atomic mass is 32.2. The molecule has 0 saturated heterocycles. The van der Waals surface area contributed by atoms with E-state index in [1.54, 1.807) is 7.11 Å². The summed E-state index contributed by atoms with van der Waals surface area (Å²) >= 11 is -1.58. The fourth-order valence-electron chi connectivity index (χ4n) is 3.77. The van der Waals surface area contributed by atoms with Crippen LogP contribution in [0, 0.1) is 13.8 Å². The summed E-state index contributed by atoms with van der Waals surface area (Å²) in [6.45, 7) is 4.15. The van der Waals surface area contributed by atoms with Crippen LogP contribution >= 0.6 is 0 Å². The summed E-state index contributed by atoms with van der Waals surface area (Å²) in [5.41, 5.74) is 4.20. The van der Waals surface area contributed by atoms with E-state index in [0.29, 0.717) is 4.90 Å². The molecule has 0 radical (unpaired) electrons. The molecule has 0 aliphatic heterocycles. The molecule has 142 valence electrons. The summed E-state index contributed by atoms with van der Waals surface area (Å²) < 4.78 is 23.7. The summed E-state index contributed by atoms with van der Waals surface area (Å²) in [6.07, 6.45) is 0. The molecule has 4 aromatic rings. The lowest BCUT2D eigenvalue weighted by molar-refractivity contribution is 0.417. The Balaban J connectivity index is 2.21. The van der Waals surface area contributed by atoms with Gasteiger partial charge in [0.05, 0.1) is 19.1 Å². The molecule has 0 aliphatic rings. The number of aryl methyl sites for hydroxylation is 2. The Morgan fingerprint density at radius 3 is 1.86 bits per heavy atom. The summed E-state index contributed by atoms with van der Waals surface area (Å²) in [6, 6.07) is 20.6. The van der Waals surface area contributed by atoms with E-state index in [2.05, 4.69) is 56.3 Å². The van der Waals surface area contributed by atoms with Crippen LogP contribution in [0.25, 0.3) is 32.7 Å². The van der Waals surface area contributed by atoms with Gasteiger partial charge in [-0.05, 0) is 47.5 Å². The van der Waals surface area contributed by atoms with Crippen molar-refractivity contribution in [2.24, 2.45) is 0 Å². The zero-order valence-corrected chi connectivity index (χ0v) is 17.2. The topological polar surface area (TPSA) is 35.5 Å². The van der Waals surface area contributed by atoms with E-state index in [9.17, 15) is 4.21 Å². The van der Waals surface area contributed by atoms with Gasteiger partial charge in [-0.15, -0.1) is 0 Å². The Hall–Kier alpha value is -2.69. The maximum Gasteiger partial charge on any atom is 0.189 e. The van der Waals surface area contributed by atoms with E-state index in [4.69, 9.17) is 8.92 Å². The number of hydrogen-bond donors (Lipinski definition) is 0. The first-order valence-electron chi connectivity index (χ1n) is 9.11. The third kappa shape index (κ3) is 3.09. The van der Waals surface area contributed by atoms with Crippen LogP contribution in [0.15, 0.2) is 65.6 Å². The molecule has 1 unspecified atom stereocenters. The van der Waals surface area contributed by atoms with Crippen LogP contribution in [-0.4, -0.2) is 18.4 Å². The van der Waals surface area contributed by atoms with E-state index in [0.717, 1.165) is 38.4 Å². The molecular formula is C24H22O3S. The van der Waals surface area contributed by atoms with Gasteiger partial charge in [-0.3, -0.25) is 4.18 Å². The van der Waals surface area contributed by atoms with Crippen LogP contribution in [0.2, 0.25) is 0 Å². The number of ether oxygens (including phenoxy) is 1. The molecule has 1 atom stereocenters. The predicted octanol–water partition coefficient (Wildman–Crippen LogP) is 5.95. The molecule has 4 aromatic carbocycles. The van der Waals surface area contributed by atoms with Gasteiger partial charge in [0.25, 0.3) is 0 Å². The van der Waals surface area contributed by atoms with Crippen molar-refractivity contribution in [3.63, 3.8) is 0 Å². The van der Waals surface area contributed by atoms with Gasteiger partial charge in [0.2, 0.25) is 0 Å². The van der Waals surface area contributed by atoms with Gasteiger partial charge in [0.1, 0.15) is 5.75 Å². The van der Waals surface area contributed by atoms with Crippen LogP contribution in [0.3, 0.4) is 0 Å². The van der Waals surface area contributed by atoms with Crippen molar-refractivity contribution in [3.8, 4) is 16.9 Å². The second-order valence-corrected chi connectivity index (χ2v) is 8.17. The number of rotatable bonds is 4. The number of hydrogen-bond acceptors (Lipinski definition) is 3. The van der Waals surface area contributed by atoms with Gasteiger partial charge >= 0.3 is 0 Å². The van der Waals surface area contributed by atoms with Gasteiger partial charge < -0.3 is 4.74 Å². The van der Waals surface area contributed by atoms with Crippen molar-refractivity contribution >= 4 is 32.6 Å². The Labute approximate surface area is 167 Å². The van der Waals surface area contributed by atoms with Crippen molar-refractivity contribution in [1.82, 2.24) is 0 Å². The van der Waals surface area contributed by atoms with Gasteiger partial charge in [-0.1, -0.05) is 59.7 Å². The predicted molar refractivity (Wildman–Crippen MR) is 116 cm³/mol. The average Bonchev–Trinajstić information content (AvgIpc) is 2.71. The highest BCUT2D eigenvalue weighted by Crippen LogP contribution is 2.43. The minimum Gasteiger partial charge on any atom is -0.496 e. The molecular weight excluding hydrogens is 368 g/mol. The van der Waals surface area contributed by atoms with Crippen LogP contribution in [0.5, 0.6) is 5.75 Å². The van der Waals surface area contributed by atoms with E-state index in [1.807, 2.05) is 18.2 Å². The Morgan fingerprint density at radius 1 is 0.714 bits per heavy atom. The zero-order valence-electron chi connectivity index (χ0n) is 16.4. The fourth-order valence-corrected chi connectivity index (χ4v) is 4.51. The third-order valence-electron chi connectivity index (χ3n) is 5.07. The Morgan fingerprint density at radius 2 is 1.29 bits per heavy atom. The van der Waals surface area contributed by atoms with Gasteiger partial charge in [-0.25, -0.2) is 4.21 Å². The second kappa shape index (κ2) is 7.38. The highest BCUT2D eigenvalue weighted by Gasteiger charge is 2.21. The molecule has 0 aliphatic carbocycles. The molecule has 4 heteroatoms. The monoisotopic (exact) mass is 390 g/mol. The zero-order chi connectivity index (χ0) is 19.8. The average molecular weight is 391 g/mol. The van der Waals surface area contributed by atoms with Gasteiger partial charge in [-0.2, -0.15) is 0 Å². The fraction of sp³-hybridized carbons (Fsp3) is 0.167. The minimum atomic E-state index is -1.58. The summed E-state index contributed by atoms with van der Waals surface area (Å²) in [5, 5.41) is 4.30. The van der Waals surface area contributed by atoms with Crippen molar-refractivity contribution in [2.75, 3.05) is 14.2 Å². The SMILES string of the molecule is COc1ccc2cc(C)ccc2c1-c1c(S(=O)OC)ccc2cc(C)ccc12. The van der Waals surface area contributed by atoms with Crippen molar-refractivity contribution < 1.29 is 13.1 Å². The lowest BCUT2D eigenvalue weighted by Gasteiger charge is -2.18. The molecule has 0 N–H and O–H groups in total. The molecule has 0 heterocycles. The molecule has 0 saturated carbocycles. The lowest BCUT2D eigenvalue weighted by atomic mass is 9.92. The minimum absolute atomic E-state index is 0.644. The summed E-state index contributed by atoms with van der Waals surface area (Å²) in [5.74, 6) is 0.749. The highest BCUT2D eigenvalue weighted by molar-refractivity contribution is 7.80. The van der Waals surface area contributed by atoms with Gasteiger partial charge in [0.15, 0.2) is 11.1 Å². The van der Waals surface area contributed by atoms with Crippen molar-refractivity contribution in [2.45, 2.75) is 18.7 Å². The summed E-state index contributed by atoms with van der Waals surface area (Å²) in [4.78, 5) is 0.644. The van der Waals surface area contributed by atoms with E-state index in [1.165, 1.54) is 18.2 Å². The van der Waals surface area contributed by atoms with E-state index >= 15 is 0 Å². The van der Waals surface area contributed by atoms with Crippen LogP contribution in [0.4, 0.5) is 0 Å². The third-order valence-corrected chi connectivity index (χ3v) is 6.08.